The highest BCUT2D eigenvalue weighted by atomic mass is 32.2. The minimum Gasteiger partial charge on any atom is -0.408 e. The molecule has 6 nitrogen and oxygen atoms in total. The number of H-pyrrole nitrogens is 1. The van der Waals surface area contributed by atoms with E-state index in [0.717, 1.165) is 22.1 Å². The molecule has 1 aliphatic rings. The van der Waals surface area contributed by atoms with Gasteiger partial charge in [-0.05, 0) is 36.8 Å². The maximum atomic E-state index is 11.2. The number of hydrazone groups is 1. The number of rotatable bonds is 2. The molecule has 0 amide bonds. The van der Waals surface area contributed by atoms with Gasteiger partial charge in [0.1, 0.15) is 0 Å². The normalized spacial score (nSPS) is 16.2. The van der Waals surface area contributed by atoms with Crippen molar-refractivity contribution in [1.82, 2.24) is 10.4 Å². The standard InChI is InChI=1S/C17H14N4O2S/c1-10-3-2-4-12(7-10)18-16-21-20-14(9-24-16)11-5-6-13-15(8-11)23-17(22)19-13/h2-8H,9H2,1H3,(H,18,21)(H,19,22). The lowest BCUT2D eigenvalue weighted by Crippen LogP contribution is -2.25. The zero-order chi connectivity index (χ0) is 16.5. The Bertz CT molecular complexity index is 1030. The van der Waals surface area contributed by atoms with Gasteiger partial charge in [-0.25, -0.2) is 9.79 Å². The van der Waals surface area contributed by atoms with Gasteiger partial charge in [-0.2, -0.15) is 5.10 Å². The number of hydrogen-bond acceptors (Lipinski definition) is 5. The summed E-state index contributed by atoms with van der Waals surface area (Å²) in [5.41, 5.74) is 8.08. The first kappa shape index (κ1) is 14.8. The molecule has 0 saturated heterocycles. The summed E-state index contributed by atoms with van der Waals surface area (Å²) in [4.78, 5) is 18.4. The highest BCUT2D eigenvalue weighted by molar-refractivity contribution is 8.14. The molecule has 0 spiro atoms. The van der Waals surface area contributed by atoms with Gasteiger partial charge >= 0.3 is 5.76 Å². The summed E-state index contributed by atoms with van der Waals surface area (Å²) in [6.45, 7) is 2.04. The van der Waals surface area contributed by atoms with Crippen molar-refractivity contribution in [1.29, 1.82) is 0 Å². The fraction of sp³-hybridized carbons (Fsp3) is 0.118. The third-order valence-corrected chi connectivity index (χ3v) is 4.49. The molecule has 1 aromatic heterocycles. The van der Waals surface area contributed by atoms with E-state index < -0.39 is 5.76 Å². The van der Waals surface area contributed by atoms with Gasteiger partial charge in [-0.1, -0.05) is 30.0 Å². The molecule has 0 fully saturated rings. The van der Waals surface area contributed by atoms with Crippen LogP contribution in [0, 0.1) is 6.92 Å². The molecular weight excluding hydrogens is 324 g/mol. The largest absolute Gasteiger partial charge is 0.417 e. The van der Waals surface area contributed by atoms with E-state index in [-0.39, 0.29) is 0 Å². The number of amidine groups is 1. The Morgan fingerprint density at radius 1 is 1.25 bits per heavy atom. The first-order chi connectivity index (χ1) is 11.7. The van der Waals surface area contributed by atoms with Crippen molar-refractivity contribution in [2.24, 2.45) is 10.1 Å². The number of aromatic amines is 1. The van der Waals surface area contributed by atoms with E-state index in [2.05, 4.69) is 20.5 Å². The van der Waals surface area contributed by atoms with E-state index in [0.29, 0.717) is 16.9 Å². The number of thioether (sulfide) groups is 1. The van der Waals surface area contributed by atoms with Crippen LogP contribution in [0.25, 0.3) is 11.1 Å². The van der Waals surface area contributed by atoms with Crippen molar-refractivity contribution in [3.63, 3.8) is 0 Å². The minimum atomic E-state index is -0.451. The van der Waals surface area contributed by atoms with Gasteiger partial charge in [0.05, 0.1) is 16.9 Å². The first-order valence-corrected chi connectivity index (χ1v) is 8.40. The van der Waals surface area contributed by atoms with E-state index >= 15 is 0 Å². The number of nitrogens with zero attached hydrogens (tertiary/aromatic N) is 2. The molecule has 0 unspecified atom stereocenters. The van der Waals surface area contributed by atoms with Crippen LogP contribution in [0.4, 0.5) is 5.69 Å². The Kier molecular flexibility index (Phi) is 3.70. The molecule has 1 aliphatic heterocycles. The van der Waals surface area contributed by atoms with Crippen LogP contribution in [0.3, 0.4) is 0 Å². The van der Waals surface area contributed by atoms with Crippen molar-refractivity contribution in [2.75, 3.05) is 5.75 Å². The molecule has 0 aliphatic carbocycles. The van der Waals surface area contributed by atoms with Crippen LogP contribution in [0.1, 0.15) is 11.1 Å². The average molecular weight is 338 g/mol. The van der Waals surface area contributed by atoms with E-state index in [4.69, 9.17) is 4.42 Å². The molecule has 120 valence electrons. The van der Waals surface area contributed by atoms with Gasteiger partial charge in [0.25, 0.3) is 0 Å². The van der Waals surface area contributed by atoms with Gasteiger partial charge in [-0.3, -0.25) is 10.4 Å². The fourth-order valence-electron chi connectivity index (χ4n) is 2.46. The lowest BCUT2D eigenvalue weighted by molar-refractivity contribution is 0.555. The van der Waals surface area contributed by atoms with E-state index in [1.165, 1.54) is 5.56 Å². The molecule has 0 radical (unpaired) electrons. The molecular formula is C17H14N4O2S. The summed E-state index contributed by atoms with van der Waals surface area (Å²) >= 11 is 1.59. The van der Waals surface area contributed by atoms with Crippen molar-refractivity contribution in [3.05, 3.63) is 64.1 Å². The SMILES string of the molecule is Cc1cccc(N=C2NN=C(c3ccc4[nH]c(=O)oc4c3)CS2)c1. The summed E-state index contributed by atoms with van der Waals surface area (Å²) in [6, 6.07) is 13.6. The quantitative estimate of drug-likeness (QED) is 0.752. The molecule has 2 heterocycles. The van der Waals surface area contributed by atoms with Crippen molar-refractivity contribution >= 4 is 39.4 Å². The van der Waals surface area contributed by atoms with Crippen LogP contribution >= 0.6 is 11.8 Å². The second-order valence-corrected chi connectivity index (χ2v) is 6.40. The summed E-state index contributed by atoms with van der Waals surface area (Å²) in [6.07, 6.45) is 0. The highest BCUT2D eigenvalue weighted by Crippen LogP contribution is 2.20. The summed E-state index contributed by atoms with van der Waals surface area (Å²) in [5, 5.41) is 5.16. The lowest BCUT2D eigenvalue weighted by Gasteiger charge is -2.14. The predicted octanol–water partition coefficient (Wildman–Crippen LogP) is 3.16. The molecule has 4 rings (SSSR count). The van der Waals surface area contributed by atoms with E-state index in [9.17, 15) is 4.79 Å². The van der Waals surface area contributed by atoms with Crippen LogP contribution < -0.4 is 11.2 Å². The summed E-state index contributed by atoms with van der Waals surface area (Å²) in [5.74, 6) is 0.241. The number of aromatic nitrogens is 1. The molecule has 7 heteroatoms. The Balaban J connectivity index is 1.58. The van der Waals surface area contributed by atoms with Gasteiger partial charge in [0.15, 0.2) is 10.8 Å². The zero-order valence-corrected chi connectivity index (χ0v) is 13.7. The molecule has 2 aromatic carbocycles. The molecule has 3 aromatic rings. The van der Waals surface area contributed by atoms with Gasteiger partial charge in [0, 0.05) is 11.3 Å². The van der Waals surface area contributed by atoms with Crippen LogP contribution in [0.5, 0.6) is 0 Å². The van der Waals surface area contributed by atoms with Gasteiger partial charge in [-0.15, -0.1) is 0 Å². The van der Waals surface area contributed by atoms with E-state index in [1.807, 2.05) is 49.4 Å². The molecule has 0 atom stereocenters. The molecule has 2 N–H and O–H groups in total. The maximum Gasteiger partial charge on any atom is 0.417 e. The van der Waals surface area contributed by atoms with Crippen LogP contribution in [-0.4, -0.2) is 21.6 Å². The van der Waals surface area contributed by atoms with Gasteiger partial charge in [0.2, 0.25) is 0 Å². The third-order valence-electron chi connectivity index (χ3n) is 3.62. The lowest BCUT2D eigenvalue weighted by atomic mass is 10.1. The van der Waals surface area contributed by atoms with Gasteiger partial charge < -0.3 is 4.42 Å². The topological polar surface area (TPSA) is 82.8 Å². The molecule has 0 saturated carbocycles. The Hall–Kier alpha value is -2.80. The van der Waals surface area contributed by atoms with Crippen LogP contribution in [0.2, 0.25) is 0 Å². The van der Waals surface area contributed by atoms with Crippen molar-refractivity contribution in [3.8, 4) is 0 Å². The average Bonchev–Trinajstić information content (AvgIpc) is 2.95. The smallest absolute Gasteiger partial charge is 0.408 e. The predicted molar refractivity (Wildman–Crippen MR) is 97.2 cm³/mol. The number of oxazole rings is 1. The Morgan fingerprint density at radius 3 is 2.96 bits per heavy atom. The number of fused-ring (bicyclic) bond motifs is 1. The van der Waals surface area contributed by atoms with E-state index in [1.54, 1.807) is 11.8 Å². The number of hydrogen-bond donors (Lipinski definition) is 2. The first-order valence-electron chi connectivity index (χ1n) is 7.41. The second-order valence-electron chi connectivity index (χ2n) is 5.44. The molecule has 0 bridgehead atoms. The summed E-state index contributed by atoms with van der Waals surface area (Å²) < 4.78 is 5.09. The van der Waals surface area contributed by atoms with Crippen LogP contribution in [0.15, 0.2) is 61.8 Å². The minimum absolute atomic E-state index is 0.451. The van der Waals surface area contributed by atoms with Crippen LogP contribution in [-0.2, 0) is 0 Å². The number of benzene rings is 2. The highest BCUT2D eigenvalue weighted by Gasteiger charge is 2.14. The summed E-state index contributed by atoms with van der Waals surface area (Å²) in [7, 11) is 0. The number of nitrogens with one attached hydrogen (secondary N) is 2. The number of aryl methyl sites for hydroxylation is 1. The zero-order valence-electron chi connectivity index (χ0n) is 12.9. The number of aliphatic imine (C=N–C) groups is 1. The Labute approximate surface area is 141 Å². The monoisotopic (exact) mass is 338 g/mol. The van der Waals surface area contributed by atoms with Crippen molar-refractivity contribution < 1.29 is 4.42 Å². The maximum absolute atomic E-state index is 11.2. The van der Waals surface area contributed by atoms with Crippen molar-refractivity contribution in [2.45, 2.75) is 6.92 Å². The third kappa shape index (κ3) is 2.98. The molecule has 24 heavy (non-hydrogen) atoms. The Morgan fingerprint density at radius 2 is 2.17 bits per heavy atom. The fourth-order valence-corrected chi connectivity index (χ4v) is 3.25. The second kappa shape index (κ2) is 6.01.